The number of rotatable bonds is 9. The molecule has 0 radical (unpaired) electrons. The van der Waals surface area contributed by atoms with Gasteiger partial charge in [0.2, 0.25) is 5.91 Å². The number of phenols is 1. The van der Waals surface area contributed by atoms with Gasteiger partial charge in [-0.1, -0.05) is 43.5 Å². The number of anilines is 1. The number of aliphatic carboxylic acids is 1. The Hall–Kier alpha value is -5.02. The SMILES string of the molecule is C[N+]1(Cc2ccc(F)cc2)CCC[C@H](N(C(=O)Nc2ccc(OC(=O)C3CCCCC3)cc2)C(=O)[C@@H](N)Cc2ccc(O)cc2)C1.O=C([O-])C(F)(F)F. The second kappa shape index (κ2) is 18.1. The lowest BCUT2D eigenvalue weighted by Crippen LogP contribution is -2.62. The molecule has 0 aromatic heterocycles. The number of hydrogen-bond acceptors (Lipinski definition) is 8. The highest BCUT2D eigenvalue weighted by Crippen LogP contribution is 2.28. The highest BCUT2D eigenvalue weighted by atomic mass is 19.4. The number of quaternary nitrogens is 1. The van der Waals surface area contributed by atoms with E-state index in [0.29, 0.717) is 35.4 Å². The maximum Gasteiger partial charge on any atom is 0.430 e. The van der Waals surface area contributed by atoms with Crippen molar-refractivity contribution < 1.29 is 56.2 Å². The van der Waals surface area contributed by atoms with Gasteiger partial charge in [0.05, 0.1) is 31.6 Å². The molecule has 1 aliphatic heterocycles. The van der Waals surface area contributed by atoms with E-state index in [4.69, 9.17) is 20.4 Å². The molecular weight excluding hydrogens is 700 g/mol. The largest absolute Gasteiger partial charge is 0.542 e. The Morgan fingerprint density at radius 2 is 1.51 bits per heavy atom. The molecule has 2 fully saturated rings. The Morgan fingerprint density at radius 1 is 0.925 bits per heavy atom. The van der Waals surface area contributed by atoms with Gasteiger partial charge in [-0.25, -0.2) is 9.18 Å². The highest BCUT2D eigenvalue weighted by Gasteiger charge is 2.41. The number of urea groups is 1. The summed E-state index contributed by atoms with van der Waals surface area (Å²) in [6, 6.07) is 17.5. The lowest BCUT2D eigenvalue weighted by molar-refractivity contribution is -0.928. The van der Waals surface area contributed by atoms with Gasteiger partial charge < -0.3 is 35.3 Å². The summed E-state index contributed by atoms with van der Waals surface area (Å²) in [6.45, 7) is 1.98. The first-order valence-electron chi connectivity index (χ1n) is 17.4. The molecule has 286 valence electrons. The molecule has 3 atom stereocenters. The first-order chi connectivity index (χ1) is 25.0. The number of nitrogens with one attached hydrogen (secondary N) is 1. The van der Waals surface area contributed by atoms with E-state index in [0.717, 1.165) is 56.2 Å². The topological polar surface area (TPSA) is 162 Å². The van der Waals surface area contributed by atoms with E-state index in [2.05, 4.69) is 12.4 Å². The van der Waals surface area contributed by atoms with Gasteiger partial charge in [0.1, 0.15) is 36.4 Å². The number of alkyl halides is 3. The van der Waals surface area contributed by atoms with Crippen LogP contribution < -0.4 is 20.9 Å². The van der Waals surface area contributed by atoms with Crippen LogP contribution in [0.2, 0.25) is 0 Å². The van der Waals surface area contributed by atoms with Gasteiger partial charge in [0, 0.05) is 11.3 Å². The Bertz CT molecular complexity index is 1700. The van der Waals surface area contributed by atoms with E-state index in [1.54, 1.807) is 48.5 Å². The van der Waals surface area contributed by atoms with Crippen LogP contribution in [-0.4, -0.2) is 76.8 Å². The van der Waals surface area contributed by atoms with Gasteiger partial charge in [0.15, 0.2) is 0 Å². The number of hydrogen-bond donors (Lipinski definition) is 3. The molecule has 1 saturated heterocycles. The smallest absolute Gasteiger partial charge is 0.430 e. The number of esters is 1. The third-order valence-electron chi connectivity index (χ3n) is 9.39. The van der Waals surface area contributed by atoms with Crippen molar-refractivity contribution in [2.75, 3.05) is 25.5 Å². The second-order valence-corrected chi connectivity index (χ2v) is 13.8. The van der Waals surface area contributed by atoms with Gasteiger partial charge in [-0.15, -0.1) is 0 Å². The van der Waals surface area contributed by atoms with Crippen LogP contribution in [0.4, 0.5) is 28.0 Å². The summed E-state index contributed by atoms with van der Waals surface area (Å²) in [5.41, 5.74) is 8.62. The molecule has 2 aliphatic rings. The summed E-state index contributed by atoms with van der Waals surface area (Å²) < 4.78 is 51.3. The number of likely N-dealkylation sites (N-methyl/N-ethyl adjacent to an activating group) is 1. The lowest BCUT2D eigenvalue weighted by atomic mass is 9.89. The Balaban J connectivity index is 0.000000815. The number of carboxylic acids is 1. The van der Waals surface area contributed by atoms with E-state index in [-0.39, 0.29) is 29.9 Å². The van der Waals surface area contributed by atoms with Crippen molar-refractivity contribution in [2.24, 2.45) is 11.7 Å². The zero-order valence-corrected chi connectivity index (χ0v) is 29.3. The van der Waals surface area contributed by atoms with Gasteiger partial charge in [0.25, 0.3) is 0 Å². The summed E-state index contributed by atoms with van der Waals surface area (Å²) in [7, 11) is 2.08. The normalized spacial score (nSPS) is 19.5. The van der Waals surface area contributed by atoms with Crippen molar-refractivity contribution in [3.05, 3.63) is 89.7 Å². The van der Waals surface area contributed by atoms with E-state index in [1.807, 2.05) is 0 Å². The first-order valence-corrected chi connectivity index (χ1v) is 17.4. The number of likely N-dealkylation sites (tertiary alicyclic amines) is 1. The number of nitrogens with zero attached hydrogens (tertiary/aromatic N) is 2. The average molecular weight is 745 g/mol. The monoisotopic (exact) mass is 744 g/mol. The predicted octanol–water partition coefficient (Wildman–Crippen LogP) is 5.06. The quantitative estimate of drug-likeness (QED) is 0.119. The summed E-state index contributed by atoms with van der Waals surface area (Å²) in [5.74, 6) is -3.60. The molecule has 0 bridgehead atoms. The number of aromatic hydroxyl groups is 1. The molecule has 1 unspecified atom stereocenters. The minimum Gasteiger partial charge on any atom is -0.542 e. The van der Waals surface area contributed by atoms with Crippen molar-refractivity contribution in [1.29, 1.82) is 0 Å². The van der Waals surface area contributed by atoms with Crippen molar-refractivity contribution in [2.45, 2.75) is 76.2 Å². The number of carbonyl (C=O) groups excluding carboxylic acids is 4. The highest BCUT2D eigenvalue weighted by molar-refractivity contribution is 6.03. The van der Waals surface area contributed by atoms with Crippen LogP contribution in [0.15, 0.2) is 72.8 Å². The van der Waals surface area contributed by atoms with Crippen molar-refractivity contribution in [1.82, 2.24) is 4.90 Å². The van der Waals surface area contributed by atoms with Gasteiger partial charge in [-0.05, 0) is 86.2 Å². The molecule has 3 amide bonds. The first kappa shape index (κ1) is 40.7. The summed E-state index contributed by atoms with van der Waals surface area (Å²) in [6.07, 6.45) is 1.30. The van der Waals surface area contributed by atoms with E-state index >= 15 is 0 Å². The Kier molecular flexibility index (Phi) is 14.0. The maximum atomic E-state index is 14.0. The number of amides is 3. The summed E-state index contributed by atoms with van der Waals surface area (Å²) in [5, 5.41) is 21.3. The summed E-state index contributed by atoms with van der Waals surface area (Å²) in [4.78, 5) is 50.5. The molecule has 0 spiro atoms. The van der Waals surface area contributed by atoms with Crippen LogP contribution in [0, 0.1) is 11.7 Å². The molecule has 3 aromatic carbocycles. The number of phenolic OH excluding ortho intramolecular Hbond substituents is 1. The second-order valence-electron chi connectivity index (χ2n) is 13.8. The van der Waals surface area contributed by atoms with Crippen LogP contribution in [0.3, 0.4) is 0 Å². The zero-order chi connectivity index (χ0) is 38.8. The Morgan fingerprint density at radius 3 is 2.09 bits per heavy atom. The molecule has 11 nitrogen and oxygen atoms in total. The van der Waals surface area contributed by atoms with E-state index < -0.39 is 36.2 Å². The van der Waals surface area contributed by atoms with E-state index in [1.165, 1.54) is 29.2 Å². The third-order valence-corrected chi connectivity index (χ3v) is 9.39. The maximum absolute atomic E-state index is 14.0. The molecule has 53 heavy (non-hydrogen) atoms. The van der Waals surface area contributed by atoms with Gasteiger partial charge >= 0.3 is 18.2 Å². The summed E-state index contributed by atoms with van der Waals surface area (Å²) >= 11 is 0. The fraction of sp³-hybridized carbons (Fsp3) is 0.421. The number of benzene rings is 3. The van der Waals surface area contributed by atoms with E-state index in [9.17, 15) is 37.1 Å². The number of ether oxygens (including phenoxy) is 1. The molecule has 1 saturated carbocycles. The van der Waals surface area contributed by atoms with Gasteiger partial charge in [-0.3, -0.25) is 14.5 Å². The van der Waals surface area contributed by atoms with Gasteiger partial charge in [-0.2, -0.15) is 13.2 Å². The molecule has 15 heteroatoms. The van der Waals surface area contributed by atoms with Crippen molar-refractivity contribution in [3.63, 3.8) is 0 Å². The number of piperidine rings is 1. The number of carboxylic acid groups (broad SMARTS) is 1. The average Bonchev–Trinajstić information content (AvgIpc) is 3.11. The molecular formula is C38H44F4N4O7. The molecule has 3 aromatic rings. The Labute approximate surface area is 304 Å². The predicted molar refractivity (Wildman–Crippen MR) is 184 cm³/mol. The molecule has 1 aliphatic carbocycles. The fourth-order valence-corrected chi connectivity index (χ4v) is 6.71. The zero-order valence-electron chi connectivity index (χ0n) is 29.3. The van der Waals surface area contributed by atoms with Crippen LogP contribution in [-0.2, 0) is 27.3 Å². The fourth-order valence-electron chi connectivity index (χ4n) is 6.71. The molecule has 1 heterocycles. The third kappa shape index (κ3) is 12.3. The minimum absolute atomic E-state index is 0.0823. The van der Waals surface area contributed by atoms with Crippen molar-refractivity contribution in [3.8, 4) is 11.5 Å². The van der Waals surface area contributed by atoms with Crippen molar-refractivity contribution >= 4 is 29.6 Å². The van der Waals surface area contributed by atoms with Crippen LogP contribution in [0.1, 0.15) is 56.1 Å². The van der Waals surface area contributed by atoms with Crippen LogP contribution >= 0.6 is 0 Å². The lowest BCUT2D eigenvalue weighted by Gasteiger charge is -2.44. The number of nitrogens with two attached hydrogens (primary N) is 1. The number of imide groups is 1. The van der Waals surface area contributed by atoms with Crippen LogP contribution in [0.5, 0.6) is 11.5 Å². The molecule has 4 N–H and O–H groups in total. The number of carbonyl (C=O) groups is 4. The number of halogens is 4. The minimum atomic E-state index is -5.19. The van der Waals surface area contributed by atoms with Crippen LogP contribution in [0.25, 0.3) is 0 Å². The standard InChI is InChI=1S/C36H43FN4O5.C2HF3O2/c1-41(23-26-9-13-28(37)14-10-26)21-5-8-30(24-41)40(34(43)33(38)22-25-11-17-31(42)18-12-25)36(45)39-29-15-19-32(20-16-29)46-35(44)27-6-3-2-4-7-27;3-2(4,5)1(6)7/h9-20,27,30,33H,2-8,21-24,38H2,1H3,(H-,39,42,45);(H,6,7)/t30-,33-,41?;/m0./s1. The molecule has 5 rings (SSSR count).